The van der Waals surface area contributed by atoms with Gasteiger partial charge in [0.25, 0.3) is 5.91 Å². The van der Waals surface area contributed by atoms with E-state index in [0.717, 1.165) is 12.8 Å². The summed E-state index contributed by atoms with van der Waals surface area (Å²) in [6.45, 7) is 2.28. The van der Waals surface area contributed by atoms with Crippen LogP contribution in [0.3, 0.4) is 0 Å². The Bertz CT molecular complexity index is 522. The number of carboxylic acids is 1. The van der Waals surface area contributed by atoms with Crippen LogP contribution in [-0.2, 0) is 4.79 Å². The molecule has 2 rings (SSSR count). The molecule has 0 saturated heterocycles. The van der Waals surface area contributed by atoms with Gasteiger partial charge in [0.05, 0.1) is 11.0 Å². The number of aromatic nitrogens is 1. The third-order valence-electron chi connectivity index (χ3n) is 4.26. The highest BCUT2D eigenvalue weighted by molar-refractivity contribution is 6.29. The molecule has 0 bridgehead atoms. The second-order valence-corrected chi connectivity index (χ2v) is 6.21. The van der Waals surface area contributed by atoms with E-state index in [2.05, 4.69) is 17.2 Å². The Morgan fingerprint density at radius 3 is 2.62 bits per heavy atom. The van der Waals surface area contributed by atoms with Crippen LogP contribution in [0.25, 0.3) is 0 Å². The maximum absolute atomic E-state index is 12.0. The first-order valence-electron chi connectivity index (χ1n) is 7.06. The number of hydrogen-bond acceptors (Lipinski definition) is 3. The van der Waals surface area contributed by atoms with Crippen molar-refractivity contribution in [3.05, 3.63) is 29.0 Å². The fourth-order valence-corrected chi connectivity index (χ4v) is 2.75. The third-order valence-corrected chi connectivity index (χ3v) is 4.49. The minimum Gasteiger partial charge on any atom is -0.481 e. The summed E-state index contributed by atoms with van der Waals surface area (Å²) in [7, 11) is 0. The van der Waals surface area contributed by atoms with Crippen molar-refractivity contribution in [2.24, 2.45) is 11.3 Å². The Kier molecular flexibility index (Phi) is 4.83. The Hall–Kier alpha value is -1.62. The highest BCUT2D eigenvalue weighted by Gasteiger charge is 2.41. The number of hydrogen-bond donors (Lipinski definition) is 2. The predicted molar refractivity (Wildman–Crippen MR) is 79.3 cm³/mol. The number of carboxylic acid groups (broad SMARTS) is 1. The van der Waals surface area contributed by atoms with Gasteiger partial charge in [0.2, 0.25) is 0 Å². The van der Waals surface area contributed by atoms with Crippen LogP contribution in [0.15, 0.2) is 18.3 Å². The van der Waals surface area contributed by atoms with Crippen molar-refractivity contribution in [2.45, 2.75) is 32.6 Å². The molecule has 1 aromatic rings. The lowest BCUT2D eigenvalue weighted by Gasteiger charge is -2.35. The number of nitrogens with zero attached hydrogens (tertiary/aromatic N) is 1. The van der Waals surface area contributed by atoms with Crippen molar-refractivity contribution in [2.75, 3.05) is 6.54 Å². The van der Waals surface area contributed by atoms with Gasteiger partial charge in [-0.15, -0.1) is 0 Å². The molecule has 21 heavy (non-hydrogen) atoms. The largest absolute Gasteiger partial charge is 0.481 e. The lowest BCUT2D eigenvalue weighted by Crippen LogP contribution is -2.45. The lowest BCUT2D eigenvalue weighted by molar-refractivity contribution is -0.151. The second-order valence-electron chi connectivity index (χ2n) is 5.82. The van der Waals surface area contributed by atoms with Gasteiger partial charge in [-0.2, -0.15) is 0 Å². The molecule has 1 fully saturated rings. The van der Waals surface area contributed by atoms with Crippen LogP contribution < -0.4 is 5.32 Å². The van der Waals surface area contributed by atoms with Gasteiger partial charge in [-0.25, -0.2) is 4.98 Å². The van der Waals surface area contributed by atoms with Gasteiger partial charge in [-0.1, -0.05) is 18.5 Å². The van der Waals surface area contributed by atoms with Gasteiger partial charge in [-0.05, 0) is 43.7 Å². The maximum atomic E-state index is 12.0. The quantitative estimate of drug-likeness (QED) is 0.838. The molecule has 0 radical (unpaired) electrons. The van der Waals surface area contributed by atoms with E-state index in [4.69, 9.17) is 11.6 Å². The Labute approximate surface area is 128 Å². The summed E-state index contributed by atoms with van der Waals surface area (Å²) >= 11 is 5.67. The molecule has 1 heterocycles. The minimum atomic E-state index is -0.845. The summed E-state index contributed by atoms with van der Waals surface area (Å²) in [6, 6.07) is 3.10. The fourth-order valence-electron chi connectivity index (χ4n) is 2.64. The average Bonchev–Trinajstić information content (AvgIpc) is 2.47. The summed E-state index contributed by atoms with van der Waals surface area (Å²) in [5.74, 6) is -0.601. The van der Waals surface area contributed by atoms with Crippen LogP contribution in [0.2, 0.25) is 5.15 Å². The SMILES string of the molecule is CC1CCC(CNC(=O)c2ccc(Cl)nc2)(C(=O)O)CC1. The normalized spacial score (nSPS) is 25.3. The number of carbonyl (C=O) groups is 2. The molecule has 0 spiro atoms. The first kappa shape index (κ1) is 15.8. The number of aliphatic carboxylic acids is 1. The number of pyridine rings is 1. The van der Waals surface area contributed by atoms with Crippen LogP contribution in [0.4, 0.5) is 0 Å². The maximum Gasteiger partial charge on any atom is 0.311 e. The van der Waals surface area contributed by atoms with E-state index in [-0.39, 0.29) is 12.5 Å². The Morgan fingerprint density at radius 2 is 2.10 bits per heavy atom. The molecule has 1 amide bonds. The highest BCUT2D eigenvalue weighted by Crippen LogP contribution is 2.38. The topological polar surface area (TPSA) is 79.3 Å². The zero-order valence-corrected chi connectivity index (χ0v) is 12.7. The van der Waals surface area contributed by atoms with Gasteiger partial charge in [0.15, 0.2) is 0 Å². The van der Waals surface area contributed by atoms with E-state index in [9.17, 15) is 14.7 Å². The molecule has 1 saturated carbocycles. The molecule has 114 valence electrons. The van der Waals surface area contributed by atoms with Crippen molar-refractivity contribution >= 4 is 23.5 Å². The van der Waals surface area contributed by atoms with Crippen LogP contribution in [0.5, 0.6) is 0 Å². The molecule has 0 unspecified atom stereocenters. The zero-order chi connectivity index (χ0) is 15.5. The Balaban J connectivity index is 2.00. The first-order valence-corrected chi connectivity index (χ1v) is 7.44. The van der Waals surface area contributed by atoms with Crippen LogP contribution >= 0.6 is 11.6 Å². The van der Waals surface area contributed by atoms with Crippen molar-refractivity contribution in [1.29, 1.82) is 0 Å². The molecule has 5 nitrogen and oxygen atoms in total. The first-order chi connectivity index (χ1) is 9.93. The van der Waals surface area contributed by atoms with Crippen molar-refractivity contribution in [1.82, 2.24) is 10.3 Å². The standard InChI is InChI=1S/C15H19ClN2O3/c1-10-4-6-15(7-5-10,14(20)21)9-18-13(19)11-2-3-12(16)17-8-11/h2-3,8,10H,4-7,9H2,1H3,(H,18,19)(H,20,21). The van der Waals surface area contributed by atoms with Gasteiger partial charge < -0.3 is 10.4 Å². The van der Waals surface area contributed by atoms with Crippen LogP contribution in [0.1, 0.15) is 43.0 Å². The van der Waals surface area contributed by atoms with Gasteiger partial charge in [0.1, 0.15) is 5.15 Å². The van der Waals surface area contributed by atoms with E-state index in [1.807, 2.05) is 0 Å². The van der Waals surface area contributed by atoms with E-state index in [1.54, 1.807) is 6.07 Å². The van der Waals surface area contributed by atoms with E-state index in [1.165, 1.54) is 12.3 Å². The minimum absolute atomic E-state index is 0.149. The zero-order valence-electron chi connectivity index (χ0n) is 11.9. The molecule has 0 atom stereocenters. The summed E-state index contributed by atoms with van der Waals surface area (Å²) in [4.78, 5) is 27.5. The van der Waals surface area contributed by atoms with Crippen molar-refractivity contribution in [3.63, 3.8) is 0 Å². The van der Waals surface area contributed by atoms with Gasteiger partial charge >= 0.3 is 5.97 Å². The fraction of sp³-hybridized carbons (Fsp3) is 0.533. The number of rotatable bonds is 4. The number of halogens is 1. The molecule has 1 aliphatic carbocycles. The number of amides is 1. The van der Waals surface area contributed by atoms with E-state index < -0.39 is 11.4 Å². The third kappa shape index (κ3) is 3.73. The van der Waals surface area contributed by atoms with Crippen LogP contribution in [0, 0.1) is 11.3 Å². The van der Waals surface area contributed by atoms with Crippen molar-refractivity contribution < 1.29 is 14.7 Å². The average molecular weight is 311 g/mol. The van der Waals surface area contributed by atoms with Gasteiger partial charge in [0, 0.05) is 12.7 Å². The molecule has 2 N–H and O–H groups in total. The Morgan fingerprint density at radius 1 is 1.43 bits per heavy atom. The molecular formula is C15H19ClN2O3. The molecule has 0 aromatic carbocycles. The van der Waals surface area contributed by atoms with Gasteiger partial charge in [-0.3, -0.25) is 9.59 Å². The summed E-state index contributed by atoms with van der Waals surface area (Å²) in [5.41, 5.74) is -0.466. The lowest BCUT2D eigenvalue weighted by atomic mass is 9.71. The summed E-state index contributed by atoms with van der Waals surface area (Å²) < 4.78 is 0. The molecular weight excluding hydrogens is 292 g/mol. The summed E-state index contributed by atoms with van der Waals surface area (Å²) in [5, 5.41) is 12.6. The molecule has 1 aliphatic rings. The molecule has 6 heteroatoms. The molecule has 1 aromatic heterocycles. The van der Waals surface area contributed by atoms with Crippen molar-refractivity contribution in [3.8, 4) is 0 Å². The molecule has 0 aliphatic heterocycles. The number of carbonyl (C=O) groups excluding carboxylic acids is 1. The van der Waals surface area contributed by atoms with E-state index >= 15 is 0 Å². The second kappa shape index (κ2) is 6.43. The van der Waals surface area contributed by atoms with E-state index in [0.29, 0.717) is 29.5 Å². The summed E-state index contributed by atoms with van der Waals surface area (Å²) in [6.07, 6.45) is 4.34. The highest BCUT2D eigenvalue weighted by atomic mass is 35.5. The predicted octanol–water partition coefficient (Wildman–Crippen LogP) is 2.75. The number of nitrogens with one attached hydrogen (secondary N) is 1. The monoisotopic (exact) mass is 310 g/mol. The smallest absolute Gasteiger partial charge is 0.311 e. The van der Waals surface area contributed by atoms with Crippen LogP contribution in [-0.4, -0.2) is 28.5 Å².